The Morgan fingerprint density at radius 1 is 1.33 bits per heavy atom. The van der Waals surface area contributed by atoms with Crippen molar-refractivity contribution in [2.24, 2.45) is 0 Å². The zero-order valence-corrected chi connectivity index (χ0v) is 10.7. The van der Waals surface area contributed by atoms with Crippen molar-refractivity contribution < 1.29 is 9.90 Å². The number of H-pyrrole nitrogens is 1. The number of phenolic OH excluding ortho intramolecular Hbond substituents is 1. The SMILES string of the molecule is Cc1[nH]c(=O)sc1C(=O)N(C)c1ccc(O)cc1. The Balaban J connectivity index is 2.31. The van der Waals surface area contributed by atoms with Crippen LogP contribution in [0, 0.1) is 6.92 Å². The molecule has 5 nitrogen and oxygen atoms in total. The summed E-state index contributed by atoms with van der Waals surface area (Å²) < 4.78 is 0. The maximum atomic E-state index is 12.2. The number of benzene rings is 1. The average molecular weight is 264 g/mol. The van der Waals surface area contributed by atoms with E-state index in [1.165, 1.54) is 17.0 Å². The molecule has 6 heteroatoms. The molecule has 1 aromatic carbocycles. The summed E-state index contributed by atoms with van der Waals surface area (Å²) in [5.41, 5.74) is 1.22. The Bertz CT molecular complexity index is 628. The van der Waals surface area contributed by atoms with Gasteiger partial charge in [-0.3, -0.25) is 9.59 Å². The van der Waals surface area contributed by atoms with E-state index in [2.05, 4.69) is 4.98 Å². The quantitative estimate of drug-likeness (QED) is 0.867. The van der Waals surface area contributed by atoms with E-state index in [9.17, 15) is 14.7 Å². The van der Waals surface area contributed by atoms with Gasteiger partial charge >= 0.3 is 4.87 Å². The number of carbonyl (C=O) groups excluding carboxylic acids is 1. The van der Waals surface area contributed by atoms with Crippen LogP contribution in [0.25, 0.3) is 0 Å². The van der Waals surface area contributed by atoms with Crippen molar-refractivity contribution in [3.8, 4) is 5.75 Å². The zero-order chi connectivity index (χ0) is 13.3. The maximum Gasteiger partial charge on any atom is 0.305 e. The van der Waals surface area contributed by atoms with Gasteiger partial charge in [-0.25, -0.2) is 0 Å². The number of amides is 1. The van der Waals surface area contributed by atoms with Crippen molar-refractivity contribution in [3.63, 3.8) is 0 Å². The molecule has 0 bridgehead atoms. The van der Waals surface area contributed by atoms with E-state index in [1.807, 2.05) is 0 Å². The van der Waals surface area contributed by atoms with Crippen molar-refractivity contribution >= 4 is 22.9 Å². The van der Waals surface area contributed by atoms with Crippen molar-refractivity contribution in [1.29, 1.82) is 0 Å². The molecule has 0 atom stereocenters. The minimum atomic E-state index is -0.249. The van der Waals surface area contributed by atoms with Gasteiger partial charge in [0.25, 0.3) is 5.91 Å². The van der Waals surface area contributed by atoms with E-state index in [1.54, 1.807) is 26.1 Å². The molecule has 0 saturated carbocycles. The lowest BCUT2D eigenvalue weighted by molar-refractivity contribution is 0.0996. The van der Waals surface area contributed by atoms with Gasteiger partial charge in [-0.1, -0.05) is 11.3 Å². The van der Waals surface area contributed by atoms with Crippen LogP contribution in [-0.4, -0.2) is 23.0 Å². The van der Waals surface area contributed by atoms with Crippen molar-refractivity contribution in [3.05, 3.63) is 44.5 Å². The number of aryl methyl sites for hydroxylation is 1. The molecule has 2 N–H and O–H groups in total. The van der Waals surface area contributed by atoms with Crippen LogP contribution in [0.5, 0.6) is 5.75 Å². The number of thiazole rings is 1. The zero-order valence-electron chi connectivity index (χ0n) is 9.93. The first-order chi connectivity index (χ1) is 8.49. The van der Waals surface area contributed by atoms with E-state index in [-0.39, 0.29) is 16.5 Å². The molecule has 0 aliphatic heterocycles. The molecule has 94 valence electrons. The van der Waals surface area contributed by atoms with E-state index >= 15 is 0 Å². The third-order valence-corrected chi connectivity index (χ3v) is 3.53. The smallest absolute Gasteiger partial charge is 0.305 e. The Labute approximate surface area is 107 Å². The number of rotatable bonds is 2. The molecule has 1 aromatic heterocycles. The Hall–Kier alpha value is -2.08. The summed E-state index contributed by atoms with van der Waals surface area (Å²) in [5.74, 6) is -0.108. The number of phenols is 1. The van der Waals surface area contributed by atoms with Crippen molar-refractivity contribution in [2.75, 3.05) is 11.9 Å². The van der Waals surface area contributed by atoms with Crippen molar-refractivity contribution in [1.82, 2.24) is 4.98 Å². The lowest BCUT2D eigenvalue weighted by Crippen LogP contribution is -2.25. The van der Waals surface area contributed by atoms with Crippen LogP contribution in [0.15, 0.2) is 29.1 Å². The van der Waals surface area contributed by atoms with Crippen molar-refractivity contribution in [2.45, 2.75) is 6.92 Å². The first-order valence-corrected chi connectivity index (χ1v) is 6.07. The topological polar surface area (TPSA) is 73.4 Å². The number of hydrogen-bond donors (Lipinski definition) is 2. The summed E-state index contributed by atoms with van der Waals surface area (Å²) in [6.07, 6.45) is 0. The van der Waals surface area contributed by atoms with Crippen LogP contribution in [0.4, 0.5) is 5.69 Å². The highest BCUT2D eigenvalue weighted by molar-refractivity contribution is 7.11. The second-order valence-electron chi connectivity index (χ2n) is 3.85. The summed E-state index contributed by atoms with van der Waals surface area (Å²) in [5, 5.41) is 9.19. The van der Waals surface area contributed by atoms with Gasteiger partial charge in [-0.2, -0.15) is 0 Å². The molecular formula is C12H12N2O3S. The maximum absolute atomic E-state index is 12.2. The fourth-order valence-corrected chi connectivity index (χ4v) is 2.37. The van der Waals surface area contributed by atoms with Gasteiger partial charge in [-0.05, 0) is 31.2 Å². The number of nitrogens with zero attached hydrogens (tertiary/aromatic N) is 1. The van der Waals surface area contributed by atoms with Crippen LogP contribution < -0.4 is 9.77 Å². The Kier molecular flexibility index (Phi) is 3.20. The van der Waals surface area contributed by atoms with Crippen LogP contribution in [0.1, 0.15) is 15.4 Å². The van der Waals surface area contributed by atoms with Gasteiger partial charge in [0.15, 0.2) is 0 Å². The van der Waals surface area contributed by atoms with Crippen LogP contribution in [0.2, 0.25) is 0 Å². The Morgan fingerprint density at radius 3 is 2.44 bits per heavy atom. The number of aromatic nitrogens is 1. The molecule has 0 saturated heterocycles. The molecule has 1 heterocycles. The van der Waals surface area contributed by atoms with Gasteiger partial charge in [0.2, 0.25) is 0 Å². The summed E-state index contributed by atoms with van der Waals surface area (Å²) in [6, 6.07) is 6.28. The molecule has 0 aliphatic carbocycles. The highest BCUT2D eigenvalue weighted by Gasteiger charge is 2.18. The molecule has 1 amide bonds. The molecule has 0 fully saturated rings. The van der Waals surface area contributed by atoms with Gasteiger partial charge < -0.3 is 15.0 Å². The first-order valence-electron chi connectivity index (χ1n) is 5.26. The lowest BCUT2D eigenvalue weighted by atomic mass is 10.2. The number of aromatic hydroxyl groups is 1. The van der Waals surface area contributed by atoms with Crippen LogP contribution in [-0.2, 0) is 0 Å². The van der Waals surface area contributed by atoms with E-state index in [4.69, 9.17) is 0 Å². The third kappa shape index (κ3) is 2.28. The summed E-state index contributed by atoms with van der Waals surface area (Å²) in [6.45, 7) is 1.69. The molecule has 0 spiro atoms. The van der Waals surface area contributed by atoms with Gasteiger partial charge in [0.05, 0.1) is 0 Å². The van der Waals surface area contributed by atoms with Gasteiger partial charge in [0.1, 0.15) is 10.6 Å². The molecule has 0 aliphatic rings. The molecule has 2 aromatic rings. The normalized spacial score (nSPS) is 10.3. The predicted octanol–water partition coefficient (Wildman–Crippen LogP) is 1.73. The highest BCUT2D eigenvalue weighted by Crippen LogP contribution is 2.20. The van der Waals surface area contributed by atoms with Crippen LogP contribution >= 0.6 is 11.3 Å². The van der Waals surface area contributed by atoms with E-state index < -0.39 is 0 Å². The average Bonchev–Trinajstić information content (AvgIpc) is 2.67. The van der Waals surface area contributed by atoms with Gasteiger partial charge in [0, 0.05) is 18.4 Å². The fraction of sp³-hybridized carbons (Fsp3) is 0.167. The van der Waals surface area contributed by atoms with E-state index in [0.717, 1.165) is 11.3 Å². The number of anilines is 1. The number of nitrogens with one attached hydrogen (secondary N) is 1. The number of hydrogen-bond acceptors (Lipinski definition) is 4. The molecule has 0 unspecified atom stereocenters. The minimum Gasteiger partial charge on any atom is -0.508 e. The number of carbonyl (C=O) groups is 1. The second kappa shape index (κ2) is 4.66. The summed E-state index contributed by atoms with van der Waals surface area (Å²) in [4.78, 5) is 27.5. The largest absolute Gasteiger partial charge is 0.508 e. The minimum absolute atomic E-state index is 0.141. The monoisotopic (exact) mass is 264 g/mol. The van der Waals surface area contributed by atoms with E-state index in [0.29, 0.717) is 16.3 Å². The Morgan fingerprint density at radius 2 is 1.94 bits per heavy atom. The predicted molar refractivity (Wildman–Crippen MR) is 70.5 cm³/mol. The third-order valence-electron chi connectivity index (χ3n) is 2.56. The standard InChI is InChI=1S/C12H12N2O3S/c1-7-10(18-12(17)13-7)11(16)14(2)8-3-5-9(15)6-4-8/h3-6,15H,1-2H3,(H,13,17). The summed E-state index contributed by atoms with van der Waals surface area (Å²) >= 11 is 0.897. The molecule has 18 heavy (non-hydrogen) atoms. The lowest BCUT2D eigenvalue weighted by Gasteiger charge is -2.16. The second-order valence-corrected chi connectivity index (χ2v) is 4.83. The fourth-order valence-electron chi connectivity index (χ4n) is 1.55. The summed E-state index contributed by atoms with van der Waals surface area (Å²) in [7, 11) is 1.62. The molecular weight excluding hydrogens is 252 g/mol. The first kappa shape index (κ1) is 12.4. The highest BCUT2D eigenvalue weighted by atomic mass is 32.1. The number of aromatic amines is 1. The van der Waals surface area contributed by atoms with Crippen LogP contribution in [0.3, 0.4) is 0 Å². The molecule has 2 rings (SSSR count). The molecule has 0 radical (unpaired) electrons. The van der Waals surface area contributed by atoms with Gasteiger partial charge in [-0.15, -0.1) is 0 Å².